The number of benzene rings is 1. The zero-order valence-corrected chi connectivity index (χ0v) is 13.2. The van der Waals surface area contributed by atoms with Gasteiger partial charge in [-0.25, -0.2) is 4.68 Å². The number of carbonyl (C=O) groups excluding carboxylic acids is 1. The van der Waals surface area contributed by atoms with Crippen molar-refractivity contribution in [3.8, 4) is 5.69 Å². The number of hydrogen-bond acceptors (Lipinski definition) is 3. The molecule has 2 aromatic rings. The van der Waals surface area contributed by atoms with Gasteiger partial charge in [0.1, 0.15) is 0 Å². The van der Waals surface area contributed by atoms with Crippen LogP contribution in [0.15, 0.2) is 36.5 Å². The van der Waals surface area contributed by atoms with Crippen molar-refractivity contribution in [1.82, 2.24) is 9.78 Å². The smallest absolute Gasteiger partial charge is 0.228 e. The molecule has 6 heteroatoms. The van der Waals surface area contributed by atoms with Crippen molar-refractivity contribution in [3.63, 3.8) is 0 Å². The molecule has 2 unspecified atom stereocenters. The molecular formula is C15H21ClN4O. The van der Waals surface area contributed by atoms with Crippen molar-refractivity contribution >= 4 is 24.0 Å². The van der Waals surface area contributed by atoms with Crippen molar-refractivity contribution in [2.24, 2.45) is 11.7 Å². The maximum absolute atomic E-state index is 12.1. The van der Waals surface area contributed by atoms with Gasteiger partial charge in [0.2, 0.25) is 5.91 Å². The average Bonchev–Trinajstić information content (AvgIpc) is 2.84. The fourth-order valence-electron chi connectivity index (χ4n) is 1.81. The molecule has 0 aliphatic rings. The summed E-state index contributed by atoms with van der Waals surface area (Å²) < 4.78 is 1.75. The number of nitrogens with zero attached hydrogens (tertiary/aromatic N) is 2. The Bertz CT molecular complexity index is 609. The Morgan fingerprint density at radius 2 is 1.95 bits per heavy atom. The van der Waals surface area contributed by atoms with Gasteiger partial charge in [-0.15, -0.1) is 12.4 Å². The lowest BCUT2D eigenvalue weighted by atomic mass is 10.0. The summed E-state index contributed by atoms with van der Waals surface area (Å²) in [5.74, 6) is -0.334. The first-order chi connectivity index (χ1) is 9.49. The number of carbonyl (C=O) groups is 1. The third-order valence-electron chi connectivity index (χ3n) is 3.33. The molecule has 0 radical (unpaired) electrons. The first kappa shape index (κ1) is 17.2. The highest BCUT2D eigenvalue weighted by molar-refractivity contribution is 5.94. The number of aryl methyl sites for hydroxylation is 1. The Morgan fingerprint density at radius 1 is 1.29 bits per heavy atom. The number of nitrogens with two attached hydrogens (primary N) is 1. The van der Waals surface area contributed by atoms with Crippen molar-refractivity contribution in [2.75, 3.05) is 5.32 Å². The van der Waals surface area contributed by atoms with Gasteiger partial charge in [-0.1, -0.05) is 19.1 Å². The zero-order valence-electron chi connectivity index (χ0n) is 12.4. The first-order valence-corrected chi connectivity index (χ1v) is 6.67. The highest BCUT2D eigenvalue weighted by Gasteiger charge is 2.18. The topological polar surface area (TPSA) is 72.9 Å². The first-order valence-electron chi connectivity index (χ1n) is 6.67. The summed E-state index contributed by atoms with van der Waals surface area (Å²) in [5.41, 5.74) is 8.26. The number of aromatic nitrogens is 2. The van der Waals surface area contributed by atoms with Gasteiger partial charge in [-0.3, -0.25) is 4.79 Å². The fraction of sp³-hybridized carbons (Fsp3) is 0.333. The second kappa shape index (κ2) is 7.24. The third-order valence-corrected chi connectivity index (χ3v) is 3.33. The van der Waals surface area contributed by atoms with Crippen LogP contribution >= 0.6 is 12.4 Å². The van der Waals surface area contributed by atoms with Crippen molar-refractivity contribution in [1.29, 1.82) is 0 Å². The van der Waals surface area contributed by atoms with Gasteiger partial charge in [-0.2, -0.15) is 5.10 Å². The van der Waals surface area contributed by atoms with Crippen LogP contribution in [-0.4, -0.2) is 21.7 Å². The third kappa shape index (κ3) is 4.06. The number of para-hydroxylation sites is 2. The Kier molecular flexibility index (Phi) is 5.93. The Balaban J connectivity index is 0.00000220. The van der Waals surface area contributed by atoms with Crippen LogP contribution in [0.3, 0.4) is 0 Å². The Morgan fingerprint density at radius 3 is 2.52 bits per heavy atom. The Hall–Kier alpha value is -1.85. The van der Waals surface area contributed by atoms with E-state index in [1.165, 1.54) is 0 Å². The summed E-state index contributed by atoms with van der Waals surface area (Å²) in [6.07, 6.45) is 1.87. The predicted molar refractivity (Wildman–Crippen MR) is 87.0 cm³/mol. The zero-order chi connectivity index (χ0) is 14.7. The lowest BCUT2D eigenvalue weighted by Gasteiger charge is -2.17. The van der Waals surface area contributed by atoms with E-state index in [2.05, 4.69) is 10.4 Å². The number of hydrogen-bond donors (Lipinski definition) is 2. The normalized spacial score (nSPS) is 13.1. The lowest BCUT2D eigenvalue weighted by molar-refractivity contribution is -0.119. The summed E-state index contributed by atoms with van der Waals surface area (Å²) in [6.45, 7) is 5.57. The molecule has 0 aliphatic carbocycles. The van der Waals surface area contributed by atoms with Gasteiger partial charge in [0.15, 0.2) is 0 Å². The molecule has 0 saturated carbocycles. The lowest BCUT2D eigenvalue weighted by Crippen LogP contribution is -2.34. The molecule has 114 valence electrons. The predicted octanol–water partition coefficient (Wildman–Crippen LogP) is 2.52. The highest BCUT2D eigenvalue weighted by Crippen LogP contribution is 2.20. The van der Waals surface area contributed by atoms with E-state index in [-0.39, 0.29) is 30.3 Å². The van der Waals surface area contributed by atoms with E-state index in [9.17, 15) is 4.79 Å². The molecule has 2 atom stereocenters. The van der Waals surface area contributed by atoms with Crippen molar-refractivity contribution < 1.29 is 4.79 Å². The maximum atomic E-state index is 12.1. The van der Waals surface area contributed by atoms with E-state index >= 15 is 0 Å². The van der Waals surface area contributed by atoms with Gasteiger partial charge < -0.3 is 11.1 Å². The second-order valence-electron chi connectivity index (χ2n) is 5.06. The molecule has 0 saturated heterocycles. The van der Waals surface area contributed by atoms with Crippen LogP contribution in [-0.2, 0) is 4.79 Å². The highest BCUT2D eigenvalue weighted by atomic mass is 35.5. The minimum atomic E-state index is -0.248. The number of amides is 1. The largest absolute Gasteiger partial charge is 0.327 e. The molecule has 0 fully saturated rings. The van der Waals surface area contributed by atoms with E-state index < -0.39 is 0 Å². The van der Waals surface area contributed by atoms with Crippen LogP contribution in [0, 0.1) is 12.8 Å². The molecule has 0 bridgehead atoms. The van der Waals surface area contributed by atoms with E-state index in [1.807, 2.05) is 57.3 Å². The molecular weight excluding hydrogens is 288 g/mol. The standard InChI is InChI=1S/C15H20N4O.ClH/c1-10-8-9-19(18-10)14-7-5-4-6-13(14)17-15(20)11(2)12(3)16;/h4-9,11-12H,16H2,1-3H3,(H,17,20);1H. The summed E-state index contributed by atoms with van der Waals surface area (Å²) in [5, 5.41) is 7.29. The van der Waals surface area contributed by atoms with Gasteiger partial charge in [-0.05, 0) is 32.0 Å². The van der Waals surface area contributed by atoms with Crippen LogP contribution in [0.4, 0.5) is 5.69 Å². The average molecular weight is 309 g/mol. The molecule has 1 amide bonds. The molecule has 2 rings (SSSR count). The van der Waals surface area contributed by atoms with Crippen LogP contribution in [0.5, 0.6) is 0 Å². The van der Waals surface area contributed by atoms with E-state index in [1.54, 1.807) is 4.68 Å². The minimum absolute atomic E-state index is 0. The molecule has 1 aromatic carbocycles. The molecule has 1 heterocycles. The van der Waals surface area contributed by atoms with Crippen LogP contribution in [0.25, 0.3) is 5.69 Å². The summed E-state index contributed by atoms with van der Waals surface area (Å²) in [6, 6.07) is 9.30. The minimum Gasteiger partial charge on any atom is -0.327 e. The SMILES string of the molecule is Cc1ccn(-c2ccccc2NC(=O)C(C)C(C)N)n1.Cl. The molecule has 0 spiro atoms. The molecule has 3 N–H and O–H groups in total. The van der Waals surface area contributed by atoms with E-state index in [0.29, 0.717) is 0 Å². The summed E-state index contributed by atoms with van der Waals surface area (Å²) in [7, 11) is 0. The quantitative estimate of drug-likeness (QED) is 0.911. The Labute approximate surface area is 130 Å². The van der Waals surface area contributed by atoms with Gasteiger partial charge >= 0.3 is 0 Å². The monoisotopic (exact) mass is 308 g/mol. The second-order valence-corrected chi connectivity index (χ2v) is 5.06. The number of anilines is 1. The van der Waals surface area contributed by atoms with Crippen LogP contribution in [0.1, 0.15) is 19.5 Å². The summed E-state index contributed by atoms with van der Waals surface area (Å²) in [4.78, 5) is 12.1. The van der Waals surface area contributed by atoms with E-state index in [4.69, 9.17) is 5.73 Å². The van der Waals surface area contributed by atoms with Gasteiger partial charge in [0.05, 0.1) is 23.0 Å². The maximum Gasteiger partial charge on any atom is 0.228 e. The molecule has 21 heavy (non-hydrogen) atoms. The molecule has 5 nitrogen and oxygen atoms in total. The van der Waals surface area contributed by atoms with Gasteiger partial charge in [0, 0.05) is 12.2 Å². The molecule has 0 aliphatic heterocycles. The van der Waals surface area contributed by atoms with E-state index in [0.717, 1.165) is 17.1 Å². The number of halogens is 1. The molecule has 1 aromatic heterocycles. The number of nitrogens with one attached hydrogen (secondary N) is 1. The number of rotatable bonds is 4. The van der Waals surface area contributed by atoms with Crippen molar-refractivity contribution in [2.45, 2.75) is 26.8 Å². The van der Waals surface area contributed by atoms with Crippen molar-refractivity contribution in [3.05, 3.63) is 42.2 Å². The fourth-order valence-corrected chi connectivity index (χ4v) is 1.81. The van der Waals surface area contributed by atoms with Gasteiger partial charge in [0.25, 0.3) is 0 Å². The van der Waals surface area contributed by atoms with Crippen LogP contribution < -0.4 is 11.1 Å². The van der Waals surface area contributed by atoms with Crippen LogP contribution in [0.2, 0.25) is 0 Å². The summed E-state index contributed by atoms with van der Waals surface area (Å²) >= 11 is 0.